The molecule has 1 saturated carbocycles. The van der Waals surface area contributed by atoms with Crippen LogP contribution in [0.4, 0.5) is 0 Å². The molecule has 24 heavy (non-hydrogen) atoms. The van der Waals surface area contributed by atoms with E-state index in [0.29, 0.717) is 17.9 Å². The van der Waals surface area contributed by atoms with Crippen LogP contribution in [-0.4, -0.2) is 35.1 Å². The molecule has 3 rings (SSSR count). The second-order valence-corrected chi connectivity index (χ2v) is 6.39. The summed E-state index contributed by atoms with van der Waals surface area (Å²) in [5, 5.41) is 0. The van der Waals surface area contributed by atoms with Crippen molar-refractivity contribution in [3.05, 3.63) is 35.4 Å². The van der Waals surface area contributed by atoms with Crippen molar-refractivity contribution >= 4 is 23.7 Å². The Balaban J connectivity index is 1.74. The summed E-state index contributed by atoms with van der Waals surface area (Å²) >= 11 is 0. The number of rotatable bonds is 3. The van der Waals surface area contributed by atoms with E-state index in [2.05, 4.69) is 0 Å². The van der Waals surface area contributed by atoms with E-state index in [0.717, 1.165) is 31.2 Å². The van der Waals surface area contributed by atoms with E-state index in [-0.39, 0.29) is 17.9 Å². The maximum Gasteiger partial charge on any atom is 0.308 e. The van der Waals surface area contributed by atoms with Gasteiger partial charge in [0.25, 0.3) is 5.91 Å². The summed E-state index contributed by atoms with van der Waals surface area (Å²) < 4.78 is 4.98. The zero-order valence-corrected chi connectivity index (χ0v) is 13.8. The van der Waals surface area contributed by atoms with Crippen LogP contribution in [0.3, 0.4) is 0 Å². The Kier molecular flexibility index (Phi) is 4.79. The number of Topliss-reactive ketones (excluding diaryl/α,β-unsaturated/α-hetero) is 1. The van der Waals surface area contributed by atoms with Gasteiger partial charge in [-0.05, 0) is 36.6 Å². The molecule has 0 unspecified atom stereocenters. The number of hydrogen-bond acceptors (Lipinski definition) is 4. The van der Waals surface area contributed by atoms with Gasteiger partial charge in [-0.25, -0.2) is 0 Å². The lowest BCUT2D eigenvalue weighted by Gasteiger charge is -2.30. The van der Waals surface area contributed by atoms with Crippen molar-refractivity contribution < 1.29 is 19.1 Å². The molecule has 1 amide bonds. The zero-order chi connectivity index (χ0) is 17.1. The highest BCUT2D eigenvalue weighted by atomic mass is 16.5. The van der Waals surface area contributed by atoms with E-state index in [4.69, 9.17) is 4.74 Å². The van der Waals surface area contributed by atoms with Gasteiger partial charge in [0, 0.05) is 18.5 Å². The molecular formula is C19H21NO4. The summed E-state index contributed by atoms with van der Waals surface area (Å²) in [7, 11) is 0. The number of likely N-dealkylation sites (tertiary alicyclic amines) is 1. The quantitative estimate of drug-likeness (QED) is 0.371. The molecule has 0 bridgehead atoms. The molecule has 1 aromatic rings. The summed E-state index contributed by atoms with van der Waals surface area (Å²) in [5.41, 5.74) is 1.35. The van der Waals surface area contributed by atoms with Crippen molar-refractivity contribution in [2.24, 2.45) is 0 Å². The summed E-state index contributed by atoms with van der Waals surface area (Å²) in [6.07, 6.45) is 7.19. The third kappa shape index (κ3) is 3.55. The van der Waals surface area contributed by atoms with E-state index in [9.17, 15) is 14.4 Å². The normalized spacial score (nSPS) is 20.7. The minimum Gasteiger partial charge on any atom is -0.427 e. The molecule has 5 heteroatoms. The van der Waals surface area contributed by atoms with Crippen LogP contribution >= 0.6 is 0 Å². The van der Waals surface area contributed by atoms with E-state index >= 15 is 0 Å². The molecule has 0 radical (unpaired) electrons. The minimum absolute atomic E-state index is 0.201. The Morgan fingerprint density at radius 1 is 1.12 bits per heavy atom. The van der Waals surface area contributed by atoms with Gasteiger partial charge in [-0.2, -0.15) is 0 Å². The first-order chi connectivity index (χ1) is 11.5. The van der Waals surface area contributed by atoms with E-state index < -0.39 is 5.78 Å². The molecule has 2 fully saturated rings. The topological polar surface area (TPSA) is 63.7 Å². The van der Waals surface area contributed by atoms with Gasteiger partial charge in [0.2, 0.25) is 5.78 Å². The predicted octanol–water partition coefficient (Wildman–Crippen LogP) is 2.74. The molecular weight excluding hydrogens is 306 g/mol. The molecule has 5 nitrogen and oxygen atoms in total. The lowest BCUT2D eigenvalue weighted by atomic mass is 9.94. The molecule has 0 atom stereocenters. The van der Waals surface area contributed by atoms with Gasteiger partial charge < -0.3 is 9.64 Å². The van der Waals surface area contributed by atoms with E-state index in [1.165, 1.54) is 13.3 Å². The number of esters is 1. The number of carbonyl (C=O) groups is 3. The van der Waals surface area contributed by atoms with Crippen LogP contribution in [0.15, 0.2) is 29.8 Å². The first-order valence-corrected chi connectivity index (χ1v) is 8.39. The Hall–Kier alpha value is -2.43. The lowest BCUT2D eigenvalue weighted by Crippen LogP contribution is -2.38. The maximum atomic E-state index is 12.3. The van der Waals surface area contributed by atoms with Crippen LogP contribution < -0.4 is 4.74 Å². The van der Waals surface area contributed by atoms with Gasteiger partial charge in [0.15, 0.2) is 0 Å². The van der Waals surface area contributed by atoms with Crippen LogP contribution in [0, 0.1) is 0 Å². The monoisotopic (exact) mass is 327 g/mol. The molecule has 1 saturated heterocycles. The minimum atomic E-state index is -0.398. The fourth-order valence-corrected chi connectivity index (χ4v) is 3.39. The maximum absolute atomic E-state index is 12.3. The lowest BCUT2D eigenvalue weighted by molar-refractivity contribution is -0.140. The number of amides is 1. The largest absolute Gasteiger partial charge is 0.427 e. The highest BCUT2D eigenvalue weighted by Crippen LogP contribution is 2.28. The van der Waals surface area contributed by atoms with Crippen LogP contribution in [0.5, 0.6) is 5.75 Å². The molecule has 1 aliphatic carbocycles. The zero-order valence-electron chi connectivity index (χ0n) is 13.8. The number of ether oxygens (including phenoxy) is 1. The van der Waals surface area contributed by atoms with Gasteiger partial charge in [-0.3, -0.25) is 14.4 Å². The fourth-order valence-electron chi connectivity index (χ4n) is 3.39. The fraction of sp³-hybridized carbons (Fsp3) is 0.421. The third-order valence-electron chi connectivity index (χ3n) is 4.59. The highest BCUT2D eigenvalue weighted by Gasteiger charge is 2.38. The number of hydrogen-bond donors (Lipinski definition) is 0. The summed E-state index contributed by atoms with van der Waals surface area (Å²) in [6, 6.07) is 7.09. The molecule has 1 aliphatic heterocycles. The predicted molar refractivity (Wildman–Crippen MR) is 89.3 cm³/mol. The summed E-state index contributed by atoms with van der Waals surface area (Å²) in [5.74, 6) is -0.683. The molecule has 0 N–H and O–H groups in total. The SMILES string of the molecule is CC(=O)Oc1ccc(C=C2CN(C3CCCCC3)C(=O)C2=O)cc1. The van der Waals surface area contributed by atoms with Crippen molar-refractivity contribution in [3.63, 3.8) is 0 Å². The Labute approximate surface area is 141 Å². The Morgan fingerprint density at radius 3 is 2.42 bits per heavy atom. The average molecular weight is 327 g/mol. The van der Waals surface area contributed by atoms with Gasteiger partial charge in [0.1, 0.15) is 5.75 Å². The van der Waals surface area contributed by atoms with Crippen molar-refractivity contribution in [1.29, 1.82) is 0 Å². The molecule has 1 aromatic carbocycles. The second-order valence-electron chi connectivity index (χ2n) is 6.39. The van der Waals surface area contributed by atoms with Gasteiger partial charge in [0.05, 0.1) is 6.54 Å². The molecule has 0 spiro atoms. The summed E-state index contributed by atoms with van der Waals surface area (Å²) in [4.78, 5) is 37.2. The first-order valence-electron chi connectivity index (χ1n) is 8.39. The highest BCUT2D eigenvalue weighted by molar-refractivity contribution is 6.46. The van der Waals surface area contributed by atoms with Crippen molar-refractivity contribution in [2.45, 2.75) is 45.1 Å². The molecule has 2 aliphatic rings. The second kappa shape index (κ2) is 6.99. The van der Waals surface area contributed by atoms with E-state index in [1.807, 2.05) is 0 Å². The van der Waals surface area contributed by atoms with Crippen LogP contribution in [0.25, 0.3) is 6.08 Å². The Bertz CT molecular complexity index is 684. The van der Waals surface area contributed by atoms with Gasteiger partial charge in [-0.1, -0.05) is 31.4 Å². The van der Waals surface area contributed by atoms with Crippen molar-refractivity contribution in [3.8, 4) is 5.75 Å². The van der Waals surface area contributed by atoms with Crippen LogP contribution in [0.1, 0.15) is 44.6 Å². The molecule has 126 valence electrons. The average Bonchev–Trinajstić information content (AvgIpc) is 2.85. The molecule has 0 aromatic heterocycles. The van der Waals surface area contributed by atoms with Gasteiger partial charge >= 0.3 is 5.97 Å². The van der Waals surface area contributed by atoms with Crippen LogP contribution in [-0.2, 0) is 14.4 Å². The smallest absolute Gasteiger partial charge is 0.308 e. The Morgan fingerprint density at radius 2 is 1.79 bits per heavy atom. The number of nitrogens with zero attached hydrogens (tertiary/aromatic N) is 1. The first kappa shape index (κ1) is 16.4. The number of benzene rings is 1. The third-order valence-corrected chi connectivity index (χ3v) is 4.59. The number of carbonyl (C=O) groups excluding carboxylic acids is 3. The van der Waals surface area contributed by atoms with Crippen LogP contribution in [0.2, 0.25) is 0 Å². The number of ketones is 1. The molecule has 1 heterocycles. The standard InChI is InChI=1S/C19H21NO4/c1-13(21)24-17-9-7-14(8-10-17)11-15-12-20(19(23)18(15)22)16-5-3-2-4-6-16/h7-11,16H,2-6,12H2,1H3. The summed E-state index contributed by atoms with van der Waals surface area (Å²) in [6.45, 7) is 1.74. The van der Waals surface area contributed by atoms with E-state index in [1.54, 1.807) is 35.2 Å². The van der Waals surface area contributed by atoms with Crippen molar-refractivity contribution in [1.82, 2.24) is 4.90 Å². The van der Waals surface area contributed by atoms with Crippen molar-refractivity contribution in [2.75, 3.05) is 6.54 Å². The van der Waals surface area contributed by atoms with Gasteiger partial charge in [-0.15, -0.1) is 0 Å².